The van der Waals surface area contributed by atoms with E-state index in [-0.39, 0.29) is 32.0 Å². The molecule has 0 amide bonds. The van der Waals surface area contributed by atoms with E-state index in [1.54, 1.807) is 37.3 Å². The summed E-state index contributed by atoms with van der Waals surface area (Å²) in [6, 6.07) is 12.4. The molecule has 0 saturated carbocycles. The molecule has 0 aliphatic carbocycles. The summed E-state index contributed by atoms with van der Waals surface area (Å²) in [7, 11) is 0. The first kappa shape index (κ1) is 28.2. The van der Waals surface area contributed by atoms with Gasteiger partial charge in [0.15, 0.2) is 17.6 Å². The lowest BCUT2D eigenvalue weighted by Gasteiger charge is -2.19. The smallest absolute Gasteiger partial charge is 0.482 e. The Balaban J connectivity index is 1.82. The third kappa shape index (κ3) is 6.11. The number of aliphatic hydroxyl groups is 1. The SMILES string of the molecule is Cc1c(-c2ccc(OC(C)c3ccccc3)c(OC(F)(F)F)c2)sc2c1c(=O)[nH]c(=O)n2C[C@@H](O)C(F)(F)F. The van der Waals surface area contributed by atoms with Gasteiger partial charge in [0.1, 0.15) is 10.9 Å². The van der Waals surface area contributed by atoms with Gasteiger partial charge >= 0.3 is 18.2 Å². The Bertz CT molecular complexity index is 1610. The summed E-state index contributed by atoms with van der Waals surface area (Å²) in [5.74, 6) is -0.910. The zero-order valence-electron chi connectivity index (χ0n) is 20.2. The number of hydrogen-bond acceptors (Lipinski definition) is 6. The molecule has 0 radical (unpaired) electrons. The van der Waals surface area contributed by atoms with Crippen LogP contribution >= 0.6 is 11.3 Å². The molecule has 1 unspecified atom stereocenters. The second kappa shape index (κ2) is 10.4. The molecular formula is C25H20F6N2O5S. The molecule has 39 heavy (non-hydrogen) atoms. The van der Waals surface area contributed by atoms with Crippen LogP contribution in [0.1, 0.15) is 24.2 Å². The van der Waals surface area contributed by atoms with Gasteiger partial charge < -0.3 is 14.6 Å². The number of halogens is 6. The lowest BCUT2D eigenvalue weighted by molar-refractivity contribution is -0.275. The standard InChI is InChI=1S/C25H20F6N2O5S/c1-12-19-21(35)32-23(36)33(11-18(34)24(26,27)28)22(19)39-20(12)15-8-9-16(17(10-15)38-25(29,30)31)37-13(2)14-6-4-3-5-7-14/h3-10,13,18,34H,11H2,1-2H3,(H,32,35,36)/t13?,18-/m1/s1. The van der Waals surface area contributed by atoms with Crippen LogP contribution in [-0.2, 0) is 6.54 Å². The predicted octanol–water partition coefficient (Wildman–Crippen LogP) is 5.69. The van der Waals surface area contributed by atoms with E-state index in [2.05, 4.69) is 4.74 Å². The quantitative estimate of drug-likeness (QED) is 0.277. The van der Waals surface area contributed by atoms with Crippen LogP contribution in [0.3, 0.4) is 0 Å². The van der Waals surface area contributed by atoms with Crippen molar-refractivity contribution in [2.45, 2.75) is 45.1 Å². The molecule has 4 rings (SSSR count). The van der Waals surface area contributed by atoms with E-state index in [1.165, 1.54) is 19.1 Å². The number of aromatic amines is 1. The van der Waals surface area contributed by atoms with E-state index in [9.17, 15) is 41.0 Å². The number of benzene rings is 2. The lowest BCUT2D eigenvalue weighted by atomic mass is 10.1. The fourth-order valence-corrected chi connectivity index (χ4v) is 5.24. The molecule has 0 bridgehead atoms. The molecule has 208 valence electrons. The Morgan fingerprint density at radius 1 is 1.03 bits per heavy atom. The number of aromatic nitrogens is 2. The van der Waals surface area contributed by atoms with Gasteiger partial charge in [-0.1, -0.05) is 30.3 Å². The summed E-state index contributed by atoms with van der Waals surface area (Å²) < 4.78 is 89.2. The van der Waals surface area contributed by atoms with Crippen molar-refractivity contribution in [3.63, 3.8) is 0 Å². The molecule has 7 nitrogen and oxygen atoms in total. The third-order valence-electron chi connectivity index (χ3n) is 5.80. The topological polar surface area (TPSA) is 93.5 Å². The Labute approximate surface area is 219 Å². The Morgan fingerprint density at radius 3 is 2.31 bits per heavy atom. The van der Waals surface area contributed by atoms with E-state index in [1.807, 2.05) is 4.98 Å². The van der Waals surface area contributed by atoms with Gasteiger partial charge in [-0.15, -0.1) is 24.5 Å². The largest absolute Gasteiger partial charge is 0.573 e. The Kier molecular flexibility index (Phi) is 7.54. The monoisotopic (exact) mass is 574 g/mol. The molecule has 2 aromatic heterocycles. The maximum Gasteiger partial charge on any atom is 0.573 e. The zero-order chi connectivity index (χ0) is 28.7. The summed E-state index contributed by atoms with van der Waals surface area (Å²) in [5, 5.41) is 9.37. The molecule has 2 atom stereocenters. The summed E-state index contributed by atoms with van der Waals surface area (Å²) >= 11 is 0.715. The van der Waals surface area contributed by atoms with Crippen LogP contribution in [0.15, 0.2) is 58.1 Å². The van der Waals surface area contributed by atoms with Crippen molar-refractivity contribution >= 4 is 21.6 Å². The van der Waals surface area contributed by atoms with Gasteiger partial charge in [-0.05, 0) is 48.7 Å². The van der Waals surface area contributed by atoms with Crippen molar-refractivity contribution in [2.75, 3.05) is 0 Å². The molecule has 0 saturated heterocycles. The van der Waals surface area contributed by atoms with Crippen LogP contribution in [0, 0.1) is 6.92 Å². The number of aryl methyl sites for hydroxylation is 1. The van der Waals surface area contributed by atoms with E-state index < -0.39 is 48.3 Å². The molecular weight excluding hydrogens is 554 g/mol. The number of nitrogens with zero attached hydrogens (tertiary/aromatic N) is 1. The first-order valence-electron chi connectivity index (χ1n) is 11.3. The van der Waals surface area contributed by atoms with E-state index >= 15 is 0 Å². The first-order valence-corrected chi connectivity index (χ1v) is 12.1. The fraction of sp³-hybridized carbons (Fsp3) is 0.280. The Morgan fingerprint density at radius 2 is 1.69 bits per heavy atom. The highest BCUT2D eigenvalue weighted by molar-refractivity contribution is 7.22. The molecule has 2 N–H and O–H groups in total. The van der Waals surface area contributed by atoms with Gasteiger partial charge in [-0.2, -0.15) is 13.2 Å². The fourth-order valence-electron chi connectivity index (χ4n) is 3.93. The Hall–Kier alpha value is -3.78. The average Bonchev–Trinajstić information content (AvgIpc) is 3.19. The maximum absolute atomic E-state index is 13.3. The van der Waals surface area contributed by atoms with Crippen LogP contribution in [0.2, 0.25) is 0 Å². The van der Waals surface area contributed by atoms with Crippen molar-refractivity contribution < 1.29 is 40.9 Å². The first-order chi connectivity index (χ1) is 18.2. The summed E-state index contributed by atoms with van der Waals surface area (Å²) in [6.07, 6.45) is -13.7. The molecule has 14 heteroatoms. The minimum absolute atomic E-state index is 0.127. The summed E-state index contributed by atoms with van der Waals surface area (Å²) in [4.78, 5) is 26.8. The van der Waals surface area contributed by atoms with Crippen LogP contribution < -0.4 is 20.7 Å². The highest BCUT2D eigenvalue weighted by Crippen LogP contribution is 2.42. The van der Waals surface area contributed by atoms with Crippen LogP contribution in [-0.4, -0.2) is 33.3 Å². The van der Waals surface area contributed by atoms with Crippen molar-refractivity contribution in [2.24, 2.45) is 0 Å². The summed E-state index contributed by atoms with van der Waals surface area (Å²) in [5.41, 5.74) is -1.05. The molecule has 0 aliphatic rings. The van der Waals surface area contributed by atoms with E-state index in [0.717, 1.165) is 6.07 Å². The second-order valence-electron chi connectivity index (χ2n) is 8.54. The van der Waals surface area contributed by atoms with Gasteiger partial charge in [0, 0.05) is 4.88 Å². The molecule has 0 spiro atoms. The van der Waals surface area contributed by atoms with Gasteiger partial charge in [-0.3, -0.25) is 14.3 Å². The van der Waals surface area contributed by atoms with Gasteiger partial charge in [0.05, 0.1) is 11.9 Å². The van der Waals surface area contributed by atoms with Crippen molar-refractivity contribution in [3.8, 4) is 21.9 Å². The number of hydrogen-bond donors (Lipinski definition) is 2. The second-order valence-corrected chi connectivity index (χ2v) is 9.54. The van der Waals surface area contributed by atoms with Crippen LogP contribution in [0.4, 0.5) is 26.3 Å². The number of rotatable bonds is 7. The minimum atomic E-state index is -5.08. The molecule has 0 aliphatic heterocycles. The molecule has 0 fully saturated rings. The highest BCUT2D eigenvalue weighted by Gasteiger charge is 2.39. The van der Waals surface area contributed by atoms with Crippen LogP contribution in [0.25, 0.3) is 20.7 Å². The third-order valence-corrected chi connectivity index (χ3v) is 7.17. The zero-order valence-corrected chi connectivity index (χ0v) is 21.0. The normalized spacial score (nSPS) is 13.9. The molecule has 2 heterocycles. The number of nitrogens with one attached hydrogen (secondary N) is 1. The average molecular weight is 574 g/mol. The van der Waals surface area contributed by atoms with E-state index in [0.29, 0.717) is 21.5 Å². The minimum Gasteiger partial charge on any atom is -0.482 e. The maximum atomic E-state index is 13.3. The number of alkyl halides is 6. The number of aliphatic hydroxyl groups excluding tert-OH is 1. The predicted molar refractivity (Wildman–Crippen MR) is 131 cm³/mol. The van der Waals surface area contributed by atoms with Crippen molar-refractivity contribution in [1.82, 2.24) is 9.55 Å². The molecule has 4 aromatic rings. The highest BCUT2D eigenvalue weighted by atomic mass is 32.1. The summed E-state index contributed by atoms with van der Waals surface area (Å²) in [6.45, 7) is 1.88. The number of ether oxygens (including phenoxy) is 2. The van der Waals surface area contributed by atoms with Gasteiger partial charge in [-0.25, -0.2) is 4.79 Å². The van der Waals surface area contributed by atoms with E-state index in [4.69, 9.17) is 4.74 Å². The van der Waals surface area contributed by atoms with Gasteiger partial charge in [0.25, 0.3) is 5.56 Å². The lowest BCUT2D eigenvalue weighted by Crippen LogP contribution is -2.38. The van der Waals surface area contributed by atoms with Gasteiger partial charge in [0.2, 0.25) is 0 Å². The number of thiophene rings is 1. The van der Waals surface area contributed by atoms with Crippen molar-refractivity contribution in [3.05, 3.63) is 80.5 Å². The number of H-pyrrole nitrogens is 1. The van der Waals surface area contributed by atoms with Crippen LogP contribution in [0.5, 0.6) is 11.5 Å². The molecule has 2 aromatic carbocycles. The number of fused-ring (bicyclic) bond motifs is 1. The van der Waals surface area contributed by atoms with Crippen molar-refractivity contribution in [1.29, 1.82) is 0 Å².